The van der Waals surface area contributed by atoms with Crippen molar-refractivity contribution in [3.8, 4) is 0 Å². The first kappa shape index (κ1) is 13.5. The fourth-order valence-corrected chi connectivity index (χ4v) is 2.07. The number of hydrogen-bond donors (Lipinski definition) is 0. The number of thioether (sulfide) groups is 2. The van der Waals surface area contributed by atoms with Gasteiger partial charge < -0.3 is 4.42 Å². The topological polar surface area (TPSA) is 26.0 Å². The van der Waals surface area contributed by atoms with E-state index in [0.29, 0.717) is 5.22 Å². The van der Waals surface area contributed by atoms with Crippen LogP contribution in [0.15, 0.2) is 27.8 Å². The van der Waals surface area contributed by atoms with E-state index in [4.69, 9.17) is 4.42 Å². The molecule has 90 valence electrons. The molecule has 0 atom stereocenters. The first-order valence-corrected chi connectivity index (χ1v) is 6.77. The minimum absolute atomic E-state index is 0.183. The Balaban J connectivity index is 2.34. The van der Waals surface area contributed by atoms with Crippen molar-refractivity contribution in [3.05, 3.63) is 23.9 Å². The van der Waals surface area contributed by atoms with Gasteiger partial charge in [-0.05, 0) is 6.26 Å². The Bertz CT molecular complexity index is 363. The molecule has 0 aliphatic rings. The lowest BCUT2D eigenvalue weighted by Crippen LogP contribution is -1.84. The highest BCUT2D eigenvalue weighted by molar-refractivity contribution is 7.99. The molecule has 0 aromatic carbocycles. The number of nitrogens with zero attached hydrogens (tertiary/aromatic N) is 1. The van der Waals surface area contributed by atoms with Crippen LogP contribution >= 0.6 is 23.5 Å². The summed E-state index contributed by atoms with van der Waals surface area (Å²) in [6.07, 6.45) is 0.885. The number of halogens is 3. The van der Waals surface area contributed by atoms with Gasteiger partial charge in [0.15, 0.2) is 5.83 Å². The molecule has 0 aliphatic carbocycles. The van der Waals surface area contributed by atoms with Crippen molar-refractivity contribution in [3.63, 3.8) is 0 Å². The average molecular weight is 269 g/mol. The number of aromatic nitrogens is 1. The van der Waals surface area contributed by atoms with Gasteiger partial charge in [-0.1, -0.05) is 11.8 Å². The van der Waals surface area contributed by atoms with Crippen LogP contribution in [0.3, 0.4) is 0 Å². The second-order valence-corrected chi connectivity index (χ2v) is 4.71. The maximum atomic E-state index is 12.4. The average Bonchev–Trinajstić information content (AvgIpc) is 2.66. The molecular formula is C9H10F3NOS2. The maximum absolute atomic E-state index is 12.4. The fourth-order valence-electron chi connectivity index (χ4n) is 0.891. The molecule has 2 nitrogen and oxygen atoms in total. The largest absolute Gasteiger partial charge is 0.440 e. The van der Waals surface area contributed by atoms with Gasteiger partial charge in [0.2, 0.25) is 0 Å². The lowest BCUT2D eigenvalue weighted by Gasteiger charge is -1.94. The van der Waals surface area contributed by atoms with Crippen LogP contribution in [-0.2, 0) is 5.75 Å². The zero-order chi connectivity index (χ0) is 12.0. The molecule has 0 amide bonds. The molecule has 0 N–H and O–H groups in total. The Morgan fingerprint density at radius 3 is 2.81 bits per heavy atom. The summed E-state index contributed by atoms with van der Waals surface area (Å²) in [5.41, 5.74) is 0.794. The number of hydrogen-bond acceptors (Lipinski definition) is 4. The molecule has 0 saturated heterocycles. The lowest BCUT2D eigenvalue weighted by atomic mass is 10.4. The zero-order valence-corrected chi connectivity index (χ0v) is 10.1. The van der Waals surface area contributed by atoms with Gasteiger partial charge in [0.1, 0.15) is 6.26 Å². The summed E-state index contributed by atoms with van der Waals surface area (Å²) in [6, 6.07) is 0. The molecule has 1 rings (SSSR count). The Morgan fingerprint density at radius 2 is 2.19 bits per heavy atom. The van der Waals surface area contributed by atoms with Crippen molar-refractivity contribution in [2.75, 3.05) is 12.0 Å². The molecule has 0 fully saturated rings. The molecule has 16 heavy (non-hydrogen) atoms. The Morgan fingerprint density at radius 1 is 1.44 bits per heavy atom. The third kappa shape index (κ3) is 4.52. The molecule has 0 bridgehead atoms. The van der Waals surface area contributed by atoms with Crippen molar-refractivity contribution in [2.45, 2.75) is 17.4 Å². The molecule has 1 aromatic rings. The van der Waals surface area contributed by atoms with Crippen LogP contribution in [0, 0.1) is 0 Å². The summed E-state index contributed by atoms with van der Waals surface area (Å²) in [5.74, 6) is -0.455. The van der Waals surface area contributed by atoms with Gasteiger partial charge in [-0.25, -0.2) is 9.37 Å². The number of allylic oxidation sites excluding steroid dienone is 1. The van der Waals surface area contributed by atoms with E-state index in [1.54, 1.807) is 11.8 Å². The Hall–Kier alpha value is -0.560. The lowest BCUT2D eigenvalue weighted by molar-refractivity contribution is 0.373. The van der Waals surface area contributed by atoms with E-state index in [9.17, 15) is 13.2 Å². The van der Waals surface area contributed by atoms with Crippen LogP contribution in [0.2, 0.25) is 0 Å². The van der Waals surface area contributed by atoms with E-state index in [1.807, 2.05) is 6.26 Å². The van der Waals surface area contributed by atoms with Gasteiger partial charge in [-0.2, -0.15) is 20.5 Å². The van der Waals surface area contributed by atoms with Gasteiger partial charge in [0.25, 0.3) is 5.22 Å². The summed E-state index contributed by atoms with van der Waals surface area (Å²) in [7, 11) is 0. The van der Waals surface area contributed by atoms with E-state index < -0.39 is 11.9 Å². The predicted molar refractivity (Wildman–Crippen MR) is 59.4 cm³/mol. The molecule has 0 radical (unpaired) electrons. The minimum Gasteiger partial charge on any atom is -0.440 e. The van der Waals surface area contributed by atoms with Crippen molar-refractivity contribution in [1.82, 2.24) is 4.98 Å². The molecule has 1 aromatic heterocycles. The third-order valence-corrected chi connectivity index (χ3v) is 3.00. The molecule has 7 heteroatoms. The first-order valence-electron chi connectivity index (χ1n) is 4.39. The maximum Gasteiger partial charge on any atom is 0.301 e. The van der Waals surface area contributed by atoms with Crippen molar-refractivity contribution in [1.29, 1.82) is 0 Å². The fraction of sp³-hybridized carbons (Fsp3) is 0.444. The van der Waals surface area contributed by atoms with E-state index in [-0.39, 0.29) is 12.2 Å². The summed E-state index contributed by atoms with van der Waals surface area (Å²) < 4.78 is 40.9. The van der Waals surface area contributed by atoms with Gasteiger partial charge in [0.05, 0.1) is 5.69 Å². The third-order valence-electron chi connectivity index (χ3n) is 1.58. The number of rotatable bonds is 6. The summed E-state index contributed by atoms with van der Waals surface area (Å²) >= 11 is 2.72. The molecule has 0 saturated carbocycles. The van der Waals surface area contributed by atoms with E-state index in [2.05, 4.69) is 4.98 Å². The molecular weight excluding hydrogens is 259 g/mol. The normalized spacial score (nSPS) is 10.5. The summed E-state index contributed by atoms with van der Waals surface area (Å²) in [6.45, 7) is 0. The number of oxazole rings is 1. The molecule has 0 aliphatic heterocycles. The van der Waals surface area contributed by atoms with E-state index >= 15 is 0 Å². The zero-order valence-electron chi connectivity index (χ0n) is 8.50. The smallest absolute Gasteiger partial charge is 0.301 e. The molecule has 0 unspecified atom stereocenters. The molecule has 1 heterocycles. The van der Waals surface area contributed by atoms with Crippen LogP contribution in [0.5, 0.6) is 0 Å². The van der Waals surface area contributed by atoms with Crippen LogP contribution in [0.1, 0.15) is 12.1 Å². The SMILES string of the molecule is CSCc1coc(SCCC(F)=C(F)F)n1. The van der Waals surface area contributed by atoms with Crippen molar-refractivity contribution >= 4 is 23.5 Å². The van der Waals surface area contributed by atoms with Gasteiger partial charge in [0, 0.05) is 17.9 Å². The Kier molecular flexibility index (Phi) is 5.83. The van der Waals surface area contributed by atoms with Gasteiger partial charge in [-0.3, -0.25) is 0 Å². The van der Waals surface area contributed by atoms with E-state index in [1.165, 1.54) is 6.26 Å². The van der Waals surface area contributed by atoms with Crippen LogP contribution in [-0.4, -0.2) is 17.0 Å². The van der Waals surface area contributed by atoms with Gasteiger partial charge >= 0.3 is 6.08 Å². The Labute approximate surface area is 99.7 Å². The van der Waals surface area contributed by atoms with Gasteiger partial charge in [-0.15, -0.1) is 0 Å². The standard InChI is InChI=1S/C9H10F3NOS2/c1-15-5-6-4-14-9(13-6)16-3-2-7(10)8(11)12/h4H,2-3,5H2,1H3. The summed E-state index contributed by atoms with van der Waals surface area (Å²) in [4.78, 5) is 4.09. The summed E-state index contributed by atoms with van der Waals surface area (Å²) in [5, 5.41) is 0.385. The molecule has 0 spiro atoms. The van der Waals surface area contributed by atoms with E-state index in [0.717, 1.165) is 23.2 Å². The predicted octanol–water partition coefficient (Wildman–Crippen LogP) is 4.10. The minimum atomic E-state index is -2.25. The highest BCUT2D eigenvalue weighted by Gasteiger charge is 2.08. The highest BCUT2D eigenvalue weighted by atomic mass is 32.2. The highest BCUT2D eigenvalue weighted by Crippen LogP contribution is 2.22. The van der Waals surface area contributed by atoms with Crippen molar-refractivity contribution in [2.24, 2.45) is 0 Å². The second kappa shape index (κ2) is 6.90. The van der Waals surface area contributed by atoms with Crippen LogP contribution in [0.4, 0.5) is 13.2 Å². The second-order valence-electron chi connectivity index (χ2n) is 2.80. The van der Waals surface area contributed by atoms with Crippen molar-refractivity contribution < 1.29 is 17.6 Å². The van der Waals surface area contributed by atoms with Crippen LogP contribution < -0.4 is 0 Å². The van der Waals surface area contributed by atoms with Crippen LogP contribution in [0.25, 0.3) is 0 Å². The quantitative estimate of drug-likeness (QED) is 0.726. The monoisotopic (exact) mass is 269 g/mol. The first-order chi connectivity index (χ1) is 7.63.